The molecule has 1 amide bonds. The average molecular weight is 291 g/mol. The Labute approximate surface area is 124 Å². The number of nitrogens with zero attached hydrogens (tertiary/aromatic N) is 1. The molecule has 114 valence electrons. The number of phenols is 1. The van der Waals surface area contributed by atoms with Gasteiger partial charge in [0.2, 0.25) is 5.91 Å². The van der Waals surface area contributed by atoms with Gasteiger partial charge in [-0.2, -0.15) is 0 Å². The first-order chi connectivity index (χ1) is 9.99. The Morgan fingerprint density at radius 1 is 1.38 bits per heavy atom. The second kappa shape index (κ2) is 6.16. The molecule has 1 atom stereocenters. The number of phenolic OH excluding ortho intramolecular Hbond substituents is 1. The number of rotatable bonds is 5. The molecule has 5 heteroatoms. The molecule has 1 fully saturated rings. The van der Waals surface area contributed by atoms with Gasteiger partial charge in [-0.1, -0.05) is 25.5 Å². The predicted octanol–water partition coefficient (Wildman–Crippen LogP) is 2.18. The van der Waals surface area contributed by atoms with Crippen LogP contribution in [-0.4, -0.2) is 39.1 Å². The number of carboxylic acid groups (broad SMARTS) is 1. The zero-order valence-corrected chi connectivity index (χ0v) is 12.2. The molecule has 0 spiro atoms. The third-order valence-electron chi connectivity index (χ3n) is 4.12. The van der Waals surface area contributed by atoms with Crippen molar-refractivity contribution in [1.29, 1.82) is 0 Å². The van der Waals surface area contributed by atoms with Gasteiger partial charge in [0.25, 0.3) is 0 Å². The van der Waals surface area contributed by atoms with Crippen LogP contribution in [0, 0.1) is 0 Å². The van der Waals surface area contributed by atoms with Crippen LogP contribution in [0.1, 0.15) is 38.2 Å². The van der Waals surface area contributed by atoms with Crippen molar-refractivity contribution >= 4 is 11.9 Å². The van der Waals surface area contributed by atoms with E-state index >= 15 is 0 Å². The van der Waals surface area contributed by atoms with Crippen molar-refractivity contribution in [3.63, 3.8) is 0 Å². The standard InChI is InChI=1S/C16H21NO4/c1-2-7-16(15(20)21)8-4-9-17(16)14(19)11-12-5-3-6-13(18)10-12/h3,5-6,10,18H,2,4,7-9,11H2,1H3,(H,20,21). The van der Waals surface area contributed by atoms with E-state index in [9.17, 15) is 19.8 Å². The molecule has 0 radical (unpaired) electrons. The molecular formula is C16H21NO4. The highest BCUT2D eigenvalue weighted by Crippen LogP contribution is 2.34. The molecule has 0 bridgehead atoms. The summed E-state index contributed by atoms with van der Waals surface area (Å²) >= 11 is 0. The summed E-state index contributed by atoms with van der Waals surface area (Å²) in [6, 6.07) is 6.52. The summed E-state index contributed by atoms with van der Waals surface area (Å²) in [7, 11) is 0. The number of aromatic hydroxyl groups is 1. The first-order valence-electron chi connectivity index (χ1n) is 7.31. The van der Waals surface area contributed by atoms with E-state index in [0.29, 0.717) is 24.9 Å². The van der Waals surface area contributed by atoms with Crippen molar-refractivity contribution in [2.75, 3.05) is 6.54 Å². The second-order valence-electron chi connectivity index (χ2n) is 5.58. The summed E-state index contributed by atoms with van der Waals surface area (Å²) < 4.78 is 0. The molecule has 0 saturated carbocycles. The summed E-state index contributed by atoms with van der Waals surface area (Å²) in [5.41, 5.74) is -0.356. The highest BCUT2D eigenvalue weighted by Gasteiger charge is 2.48. The molecule has 2 rings (SSSR count). The summed E-state index contributed by atoms with van der Waals surface area (Å²) in [6.07, 6.45) is 2.56. The molecule has 1 unspecified atom stereocenters. The Morgan fingerprint density at radius 2 is 2.14 bits per heavy atom. The van der Waals surface area contributed by atoms with Gasteiger partial charge in [-0.3, -0.25) is 4.79 Å². The Kier molecular flexibility index (Phi) is 4.50. The lowest BCUT2D eigenvalue weighted by atomic mass is 9.90. The Bertz CT molecular complexity index is 543. The minimum Gasteiger partial charge on any atom is -0.508 e. The minimum atomic E-state index is -1.05. The molecule has 21 heavy (non-hydrogen) atoms. The summed E-state index contributed by atoms with van der Waals surface area (Å²) in [5, 5.41) is 19.0. The number of hydrogen-bond donors (Lipinski definition) is 2. The molecule has 0 aromatic heterocycles. The van der Waals surface area contributed by atoms with Crippen molar-refractivity contribution in [3.05, 3.63) is 29.8 Å². The van der Waals surface area contributed by atoms with Gasteiger partial charge < -0.3 is 15.1 Å². The minimum absolute atomic E-state index is 0.111. The fraction of sp³-hybridized carbons (Fsp3) is 0.500. The van der Waals surface area contributed by atoms with Crippen LogP contribution in [0.15, 0.2) is 24.3 Å². The summed E-state index contributed by atoms with van der Waals surface area (Å²) in [6.45, 7) is 2.42. The topological polar surface area (TPSA) is 77.8 Å². The number of likely N-dealkylation sites (tertiary alicyclic amines) is 1. The maximum absolute atomic E-state index is 12.5. The van der Waals surface area contributed by atoms with Crippen molar-refractivity contribution in [2.45, 2.75) is 44.6 Å². The number of carbonyl (C=O) groups excluding carboxylic acids is 1. The number of hydrogen-bond acceptors (Lipinski definition) is 3. The van der Waals surface area contributed by atoms with Gasteiger partial charge in [-0.15, -0.1) is 0 Å². The maximum atomic E-state index is 12.5. The van der Waals surface area contributed by atoms with Crippen molar-refractivity contribution in [1.82, 2.24) is 4.90 Å². The van der Waals surface area contributed by atoms with E-state index in [2.05, 4.69) is 0 Å². The van der Waals surface area contributed by atoms with Crippen LogP contribution in [0.3, 0.4) is 0 Å². The third kappa shape index (κ3) is 3.01. The molecule has 0 aliphatic carbocycles. The molecule has 2 N–H and O–H groups in total. The lowest BCUT2D eigenvalue weighted by molar-refractivity contribution is -0.156. The van der Waals surface area contributed by atoms with Crippen LogP contribution in [0.4, 0.5) is 0 Å². The van der Waals surface area contributed by atoms with Gasteiger partial charge in [0, 0.05) is 6.54 Å². The lowest BCUT2D eigenvalue weighted by Crippen LogP contribution is -2.53. The predicted molar refractivity (Wildman–Crippen MR) is 78.0 cm³/mol. The monoisotopic (exact) mass is 291 g/mol. The fourth-order valence-electron chi connectivity index (χ4n) is 3.18. The van der Waals surface area contributed by atoms with Gasteiger partial charge in [0.1, 0.15) is 11.3 Å². The van der Waals surface area contributed by atoms with Gasteiger partial charge in [0.15, 0.2) is 0 Å². The van der Waals surface area contributed by atoms with E-state index in [1.54, 1.807) is 18.2 Å². The summed E-state index contributed by atoms with van der Waals surface area (Å²) in [5.74, 6) is -0.986. The number of carbonyl (C=O) groups is 2. The molecule has 1 aliphatic heterocycles. The second-order valence-corrected chi connectivity index (χ2v) is 5.58. The Balaban J connectivity index is 2.19. The SMILES string of the molecule is CCCC1(C(=O)O)CCCN1C(=O)Cc1cccc(O)c1. The fourth-order valence-corrected chi connectivity index (χ4v) is 3.18. The van der Waals surface area contributed by atoms with Gasteiger partial charge in [-0.25, -0.2) is 4.79 Å². The van der Waals surface area contributed by atoms with Crippen molar-refractivity contribution < 1.29 is 19.8 Å². The van der Waals surface area contributed by atoms with E-state index in [-0.39, 0.29) is 18.1 Å². The Hall–Kier alpha value is -2.04. The summed E-state index contributed by atoms with van der Waals surface area (Å²) in [4.78, 5) is 25.7. The molecule has 5 nitrogen and oxygen atoms in total. The number of amides is 1. The number of benzene rings is 1. The first-order valence-corrected chi connectivity index (χ1v) is 7.31. The highest BCUT2D eigenvalue weighted by atomic mass is 16.4. The first kappa shape index (κ1) is 15.4. The average Bonchev–Trinajstić information content (AvgIpc) is 2.84. The number of carboxylic acids is 1. The molecular weight excluding hydrogens is 270 g/mol. The van der Waals surface area contributed by atoms with E-state index in [0.717, 1.165) is 12.8 Å². The third-order valence-corrected chi connectivity index (χ3v) is 4.12. The Morgan fingerprint density at radius 3 is 2.76 bits per heavy atom. The van der Waals surface area contributed by atoms with Crippen LogP contribution in [0.2, 0.25) is 0 Å². The zero-order chi connectivity index (χ0) is 15.5. The molecule has 1 saturated heterocycles. The normalized spacial score (nSPS) is 21.5. The van der Waals surface area contributed by atoms with Crippen LogP contribution in [0.5, 0.6) is 5.75 Å². The smallest absolute Gasteiger partial charge is 0.329 e. The van der Waals surface area contributed by atoms with Crippen LogP contribution in [-0.2, 0) is 16.0 Å². The molecule has 1 aromatic carbocycles. The van der Waals surface area contributed by atoms with Crippen molar-refractivity contribution in [3.8, 4) is 5.75 Å². The number of aliphatic carboxylic acids is 1. The van der Waals surface area contributed by atoms with Gasteiger partial charge in [-0.05, 0) is 37.0 Å². The van der Waals surface area contributed by atoms with E-state index in [1.165, 1.54) is 11.0 Å². The van der Waals surface area contributed by atoms with Crippen molar-refractivity contribution in [2.24, 2.45) is 0 Å². The highest BCUT2D eigenvalue weighted by molar-refractivity contribution is 5.88. The quantitative estimate of drug-likeness (QED) is 0.871. The lowest BCUT2D eigenvalue weighted by Gasteiger charge is -2.34. The van der Waals surface area contributed by atoms with Gasteiger partial charge >= 0.3 is 5.97 Å². The van der Waals surface area contributed by atoms with Crippen LogP contribution < -0.4 is 0 Å². The largest absolute Gasteiger partial charge is 0.508 e. The van der Waals surface area contributed by atoms with Crippen LogP contribution >= 0.6 is 0 Å². The van der Waals surface area contributed by atoms with E-state index in [1.807, 2.05) is 6.92 Å². The molecule has 1 aliphatic rings. The van der Waals surface area contributed by atoms with E-state index in [4.69, 9.17) is 0 Å². The maximum Gasteiger partial charge on any atom is 0.329 e. The molecule has 1 heterocycles. The zero-order valence-electron chi connectivity index (χ0n) is 12.2. The molecule has 1 aromatic rings. The van der Waals surface area contributed by atoms with Crippen LogP contribution in [0.25, 0.3) is 0 Å². The van der Waals surface area contributed by atoms with E-state index < -0.39 is 11.5 Å². The van der Waals surface area contributed by atoms with Gasteiger partial charge in [0.05, 0.1) is 6.42 Å².